The van der Waals surface area contributed by atoms with E-state index in [4.69, 9.17) is 9.47 Å². The van der Waals surface area contributed by atoms with Crippen LogP contribution in [0.2, 0.25) is 0 Å². The smallest absolute Gasteiger partial charge is 0.199 e. The normalized spacial score (nSPS) is 15.8. The summed E-state index contributed by atoms with van der Waals surface area (Å²) in [6, 6.07) is 12.3. The minimum Gasteiger partial charge on any atom is -0.494 e. The minimum absolute atomic E-state index is 0.140. The first-order valence-electron chi connectivity index (χ1n) is 9.25. The van der Waals surface area contributed by atoms with Crippen LogP contribution in [0.4, 0.5) is 4.39 Å². The summed E-state index contributed by atoms with van der Waals surface area (Å²) < 4.78 is 49.4. The van der Waals surface area contributed by atoms with Crippen LogP contribution in [0.25, 0.3) is 6.08 Å². The van der Waals surface area contributed by atoms with E-state index in [1.165, 1.54) is 30.3 Å². The highest BCUT2D eigenvalue weighted by Gasteiger charge is 2.12. The quantitative estimate of drug-likeness (QED) is 0.631. The topological polar surface area (TPSA) is 55.8 Å². The highest BCUT2D eigenvalue weighted by molar-refractivity contribution is 7.94. The van der Waals surface area contributed by atoms with E-state index < -0.39 is 15.7 Å². The van der Waals surface area contributed by atoms with Gasteiger partial charge in [-0.2, -0.15) is 0 Å². The number of hydrogen-bond donors (Lipinski definition) is 0. The number of morpholine rings is 1. The largest absolute Gasteiger partial charge is 0.494 e. The van der Waals surface area contributed by atoms with Crippen LogP contribution in [-0.4, -0.2) is 52.8 Å². The Balaban J connectivity index is 1.52. The highest BCUT2D eigenvalue weighted by Crippen LogP contribution is 2.19. The van der Waals surface area contributed by atoms with Crippen LogP contribution in [0, 0.1) is 5.82 Å². The number of sulfone groups is 1. The summed E-state index contributed by atoms with van der Waals surface area (Å²) in [5.74, 6) is 0.161. The third kappa shape index (κ3) is 5.89. The van der Waals surface area contributed by atoms with Crippen LogP contribution < -0.4 is 4.74 Å². The standard InChI is InChI=1S/C21H24FNO4S/c22-21-5-2-1-4-18(21)10-17-28(24,25)20-8-6-19(7-9-20)27-14-3-11-23-12-15-26-16-13-23/h1-2,4-10,17H,3,11-16H2. The molecule has 0 radical (unpaired) electrons. The summed E-state index contributed by atoms with van der Waals surface area (Å²) in [7, 11) is -3.65. The average molecular weight is 405 g/mol. The summed E-state index contributed by atoms with van der Waals surface area (Å²) >= 11 is 0. The van der Waals surface area contributed by atoms with Gasteiger partial charge >= 0.3 is 0 Å². The molecule has 1 saturated heterocycles. The zero-order valence-corrected chi connectivity index (χ0v) is 16.4. The Morgan fingerprint density at radius 1 is 1.07 bits per heavy atom. The number of halogens is 1. The van der Waals surface area contributed by atoms with Crippen LogP contribution in [0.15, 0.2) is 58.8 Å². The first-order valence-corrected chi connectivity index (χ1v) is 10.8. The van der Waals surface area contributed by atoms with E-state index in [0.717, 1.165) is 44.7 Å². The van der Waals surface area contributed by atoms with E-state index in [9.17, 15) is 12.8 Å². The van der Waals surface area contributed by atoms with E-state index in [1.54, 1.807) is 24.3 Å². The molecule has 0 atom stereocenters. The maximum Gasteiger partial charge on any atom is 0.199 e. The van der Waals surface area contributed by atoms with Gasteiger partial charge in [-0.25, -0.2) is 12.8 Å². The summed E-state index contributed by atoms with van der Waals surface area (Å²) in [6.45, 7) is 4.98. The number of rotatable bonds is 8. The molecule has 1 aliphatic heterocycles. The van der Waals surface area contributed by atoms with Gasteiger partial charge in [-0.05, 0) is 42.8 Å². The molecule has 0 bridgehead atoms. The van der Waals surface area contributed by atoms with Crippen molar-refractivity contribution >= 4 is 15.9 Å². The molecular formula is C21H24FNO4S. The Kier molecular flexibility index (Phi) is 7.19. The van der Waals surface area contributed by atoms with Crippen molar-refractivity contribution in [2.45, 2.75) is 11.3 Å². The predicted octanol–water partition coefficient (Wildman–Crippen LogP) is 3.37. The highest BCUT2D eigenvalue weighted by atomic mass is 32.2. The van der Waals surface area contributed by atoms with Gasteiger partial charge in [0, 0.05) is 30.6 Å². The van der Waals surface area contributed by atoms with Crippen LogP contribution in [-0.2, 0) is 14.6 Å². The molecule has 0 saturated carbocycles. The molecule has 0 unspecified atom stereocenters. The van der Waals surface area contributed by atoms with Gasteiger partial charge < -0.3 is 9.47 Å². The van der Waals surface area contributed by atoms with Gasteiger partial charge in [0.2, 0.25) is 0 Å². The molecule has 5 nitrogen and oxygen atoms in total. The van der Waals surface area contributed by atoms with Crippen molar-refractivity contribution in [3.63, 3.8) is 0 Å². The van der Waals surface area contributed by atoms with E-state index in [0.29, 0.717) is 12.4 Å². The lowest BCUT2D eigenvalue weighted by molar-refractivity contribution is 0.0358. The fourth-order valence-corrected chi connectivity index (χ4v) is 3.88. The molecular weight excluding hydrogens is 381 g/mol. The third-order valence-corrected chi connectivity index (χ3v) is 5.90. The Bertz CT molecular complexity index is 891. The molecule has 1 aliphatic rings. The average Bonchev–Trinajstić information content (AvgIpc) is 2.72. The van der Waals surface area contributed by atoms with Crippen LogP contribution in [0.1, 0.15) is 12.0 Å². The number of nitrogens with zero attached hydrogens (tertiary/aromatic N) is 1. The van der Waals surface area contributed by atoms with Gasteiger partial charge in [0.05, 0.1) is 24.7 Å². The van der Waals surface area contributed by atoms with Gasteiger partial charge in [-0.3, -0.25) is 4.90 Å². The maximum atomic E-state index is 13.6. The lowest BCUT2D eigenvalue weighted by atomic mass is 10.2. The van der Waals surface area contributed by atoms with Crippen LogP contribution in [0.5, 0.6) is 5.75 Å². The van der Waals surface area contributed by atoms with Crippen molar-refractivity contribution < 1.29 is 22.3 Å². The van der Waals surface area contributed by atoms with E-state index in [1.807, 2.05) is 0 Å². The predicted molar refractivity (Wildman–Crippen MR) is 106 cm³/mol. The third-order valence-electron chi connectivity index (χ3n) is 4.48. The Hall–Kier alpha value is -2.22. The number of ether oxygens (including phenoxy) is 2. The zero-order valence-electron chi connectivity index (χ0n) is 15.6. The first kappa shape index (κ1) is 20.5. The minimum atomic E-state index is -3.65. The van der Waals surface area contributed by atoms with Crippen LogP contribution in [0.3, 0.4) is 0 Å². The SMILES string of the molecule is O=S(=O)(C=Cc1ccccc1F)c1ccc(OCCCN2CCOCC2)cc1. The van der Waals surface area contributed by atoms with Crippen molar-refractivity contribution in [1.82, 2.24) is 4.90 Å². The molecule has 0 amide bonds. The van der Waals surface area contributed by atoms with Crippen molar-refractivity contribution in [3.8, 4) is 5.75 Å². The van der Waals surface area contributed by atoms with E-state index in [2.05, 4.69) is 4.90 Å². The fourth-order valence-electron chi connectivity index (χ4n) is 2.88. The molecule has 150 valence electrons. The molecule has 1 fully saturated rings. The molecule has 7 heteroatoms. The second-order valence-electron chi connectivity index (χ2n) is 6.50. The number of benzene rings is 2. The van der Waals surface area contributed by atoms with E-state index in [-0.39, 0.29) is 10.5 Å². The molecule has 2 aromatic rings. The van der Waals surface area contributed by atoms with E-state index >= 15 is 0 Å². The molecule has 28 heavy (non-hydrogen) atoms. The molecule has 1 heterocycles. The lowest BCUT2D eigenvalue weighted by Crippen LogP contribution is -2.37. The van der Waals surface area contributed by atoms with Crippen molar-refractivity contribution in [2.75, 3.05) is 39.5 Å². The van der Waals surface area contributed by atoms with Crippen LogP contribution >= 0.6 is 0 Å². The van der Waals surface area contributed by atoms with Gasteiger partial charge in [0.1, 0.15) is 11.6 Å². The summed E-state index contributed by atoms with van der Waals surface area (Å²) in [6.07, 6.45) is 2.16. The second kappa shape index (κ2) is 9.82. The lowest BCUT2D eigenvalue weighted by Gasteiger charge is -2.26. The molecule has 2 aromatic carbocycles. The zero-order chi connectivity index (χ0) is 19.8. The molecule has 3 rings (SSSR count). The van der Waals surface area contributed by atoms with Gasteiger partial charge in [0.25, 0.3) is 0 Å². The fraction of sp³-hybridized carbons (Fsp3) is 0.333. The van der Waals surface area contributed by atoms with Gasteiger partial charge in [-0.1, -0.05) is 18.2 Å². The number of hydrogen-bond acceptors (Lipinski definition) is 5. The summed E-state index contributed by atoms with van der Waals surface area (Å²) in [5.41, 5.74) is 0.228. The summed E-state index contributed by atoms with van der Waals surface area (Å²) in [5, 5.41) is 1.02. The van der Waals surface area contributed by atoms with Crippen molar-refractivity contribution in [3.05, 3.63) is 65.3 Å². The summed E-state index contributed by atoms with van der Waals surface area (Å²) in [4.78, 5) is 2.48. The Labute approximate surface area is 165 Å². The molecule has 0 N–H and O–H groups in total. The maximum absolute atomic E-state index is 13.6. The van der Waals surface area contributed by atoms with Crippen molar-refractivity contribution in [2.24, 2.45) is 0 Å². The molecule has 0 aliphatic carbocycles. The molecule has 0 aromatic heterocycles. The van der Waals surface area contributed by atoms with Gasteiger partial charge in [0.15, 0.2) is 9.84 Å². The Morgan fingerprint density at radius 3 is 2.50 bits per heavy atom. The first-order chi connectivity index (χ1) is 13.5. The second-order valence-corrected chi connectivity index (χ2v) is 8.33. The van der Waals surface area contributed by atoms with Crippen molar-refractivity contribution in [1.29, 1.82) is 0 Å². The molecule has 0 spiro atoms. The monoisotopic (exact) mass is 405 g/mol. The van der Waals surface area contributed by atoms with Gasteiger partial charge in [-0.15, -0.1) is 0 Å². The Morgan fingerprint density at radius 2 is 1.79 bits per heavy atom.